The van der Waals surface area contributed by atoms with E-state index in [9.17, 15) is 9.90 Å². The number of aliphatic hydroxyl groups is 1. The Morgan fingerprint density at radius 3 is 2.67 bits per heavy atom. The summed E-state index contributed by atoms with van der Waals surface area (Å²) in [6, 6.07) is 5.51. The second-order valence-corrected chi connectivity index (χ2v) is 8.11. The maximum absolute atomic E-state index is 13.1. The number of hydrogen-bond acceptors (Lipinski definition) is 4. The number of halogens is 2. The molecule has 1 N–H and O–H groups in total. The number of amides is 1. The number of hydrogen-bond donors (Lipinski definition) is 1. The van der Waals surface area contributed by atoms with Gasteiger partial charge in [0.2, 0.25) is 11.8 Å². The molecule has 1 fully saturated rings. The van der Waals surface area contributed by atoms with Gasteiger partial charge in [0.25, 0.3) is 0 Å². The standard InChI is InChI=1S/C20H24Cl2N2O3/c1-11-6-19(27-3)23-8-14(11)20(26)24-9-15(12(2)25)16(10-24)13-4-5-17(21)18(22)7-13/h4-8,11-12,14-16,25H,9-10H2,1-3H3/t11-,12?,14?,15?,16-/m0/s1. The number of allylic oxidation sites excluding steroid dienone is 1. The van der Waals surface area contributed by atoms with Crippen molar-refractivity contribution in [2.24, 2.45) is 22.7 Å². The van der Waals surface area contributed by atoms with Crippen molar-refractivity contribution in [1.29, 1.82) is 0 Å². The normalized spacial score (nSPS) is 28.8. The van der Waals surface area contributed by atoms with Crippen molar-refractivity contribution in [2.45, 2.75) is 25.9 Å². The minimum Gasteiger partial charge on any atom is -0.481 e. The molecule has 0 spiro atoms. The fraction of sp³-hybridized carbons (Fsp3) is 0.500. The zero-order valence-electron chi connectivity index (χ0n) is 15.6. The van der Waals surface area contributed by atoms with E-state index in [1.54, 1.807) is 26.3 Å². The van der Waals surface area contributed by atoms with Crippen LogP contribution in [0, 0.1) is 17.8 Å². The third-order valence-electron chi connectivity index (χ3n) is 5.50. The van der Waals surface area contributed by atoms with Crippen LogP contribution in [0.5, 0.6) is 0 Å². The Hall–Kier alpha value is -1.56. The highest BCUT2D eigenvalue weighted by Gasteiger charge is 2.41. The molecule has 0 aromatic heterocycles. The van der Waals surface area contributed by atoms with Gasteiger partial charge < -0.3 is 14.7 Å². The smallest absolute Gasteiger partial charge is 0.231 e. The Morgan fingerprint density at radius 1 is 1.33 bits per heavy atom. The molecule has 2 aliphatic heterocycles. The molecule has 5 atom stereocenters. The van der Waals surface area contributed by atoms with Crippen LogP contribution in [0.2, 0.25) is 10.0 Å². The average molecular weight is 411 g/mol. The van der Waals surface area contributed by atoms with Gasteiger partial charge in [-0.05, 0) is 36.6 Å². The van der Waals surface area contributed by atoms with E-state index in [-0.39, 0.29) is 29.6 Å². The number of ether oxygens (including phenoxy) is 1. The summed E-state index contributed by atoms with van der Waals surface area (Å²) in [5.74, 6) is 0.163. The number of benzene rings is 1. The quantitative estimate of drug-likeness (QED) is 0.821. The zero-order chi connectivity index (χ0) is 19.7. The van der Waals surface area contributed by atoms with Crippen LogP contribution >= 0.6 is 23.2 Å². The van der Waals surface area contributed by atoms with Crippen LogP contribution in [0.3, 0.4) is 0 Å². The van der Waals surface area contributed by atoms with Crippen molar-refractivity contribution >= 4 is 35.3 Å². The molecule has 1 amide bonds. The van der Waals surface area contributed by atoms with E-state index in [1.165, 1.54) is 0 Å². The summed E-state index contributed by atoms with van der Waals surface area (Å²) in [6.07, 6.45) is 2.98. The molecule has 0 saturated carbocycles. The summed E-state index contributed by atoms with van der Waals surface area (Å²) in [5, 5.41) is 11.3. The van der Waals surface area contributed by atoms with E-state index in [4.69, 9.17) is 27.9 Å². The Balaban J connectivity index is 1.80. The van der Waals surface area contributed by atoms with Crippen molar-refractivity contribution < 1.29 is 14.6 Å². The summed E-state index contributed by atoms with van der Waals surface area (Å²) < 4.78 is 5.14. The van der Waals surface area contributed by atoms with Gasteiger partial charge in [-0.15, -0.1) is 0 Å². The maximum atomic E-state index is 13.1. The maximum Gasteiger partial charge on any atom is 0.231 e. The van der Waals surface area contributed by atoms with Crippen molar-refractivity contribution in [3.05, 3.63) is 45.8 Å². The highest BCUT2D eigenvalue weighted by Crippen LogP contribution is 2.38. The molecular weight excluding hydrogens is 387 g/mol. The van der Waals surface area contributed by atoms with Crippen LogP contribution in [0.25, 0.3) is 0 Å². The van der Waals surface area contributed by atoms with Crippen molar-refractivity contribution in [3.8, 4) is 0 Å². The molecule has 5 nitrogen and oxygen atoms in total. The minimum absolute atomic E-state index is 0.000948. The van der Waals surface area contributed by atoms with E-state index in [0.29, 0.717) is 29.0 Å². The number of carbonyl (C=O) groups is 1. The Bertz CT molecular complexity index is 778. The van der Waals surface area contributed by atoms with Crippen molar-refractivity contribution in [3.63, 3.8) is 0 Å². The number of nitrogens with zero attached hydrogens (tertiary/aromatic N) is 2. The molecule has 146 valence electrons. The molecule has 1 aromatic carbocycles. The molecule has 27 heavy (non-hydrogen) atoms. The summed E-state index contributed by atoms with van der Waals surface area (Å²) in [7, 11) is 1.56. The predicted octanol–water partition coefficient (Wildman–Crippen LogP) is 3.74. The Morgan fingerprint density at radius 2 is 2.07 bits per heavy atom. The summed E-state index contributed by atoms with van der Waals surface area (Å²) in [4.78, 5) is 19.1. The summed E-state index contributed by atoms with van der Waals surface area (Å²) in [6.45, 7) is 4.77. The van der Waals surface area contributed by atoms with Gasteiger partial charge in [0.1, 0.15) is 0 Å². The molecule has 0 bridgehead atoms. The van der Waals surface area contributed by atoms with Gasteiger partial charge in [-0.3, -0.25) is 4.79 Å². The molecule has 7 heteroatoms. The fourth-order valence-electron chi connectivity index (χ4n) is 3.87. The lowest BCUT2D eigenvalue weighted by atomic mass is 9.86. The molecule has 2 heterocycles. The number of likely N-dealkylation sites (tertiary alicyclic amines) is 1. The van der Waals surface area contributed by atoms with Crippen LogP contribution < -0.4 is 0 Å². The van der Waals surface area contributed by atoms with Gasteiger partial charge in [0.15, 0.2) is 0 Å². The predicted molar refractivity (Wildman–Crippen MR) is 107 cm³/mol. The van der Waals surface area contributed by atoms with Gasteiger partial charge in [0.05, 0.1) is 29.2 Å². The highest BCUT2D eigenvalue weighted by molar-refractivity contribution is 6.42. The van der Waals surface area contributed by atoms with Crippen LogP contribution in [-0.4, -0.2) is 48.4 Å². The van der Waals surface area contributed by atoms with Crippen LogP contribution in [0.15, 0.2) is 35.2 Å². The molecule has 0 radical (unpaired) electrons. The molecule has 1 saturated heterocycles. The minimum atomic E-state index is -0.542. The second-order valence-electron chi connectivity index (χ2n) is 7.30. The van der Waals surface area contributed by atoms with Gasteiger partial charge >= 0.3 is 0 Å². The van der Waals surface area contributed by atoms with Gasteiger partial charge in [-0.2, -0.15) is 0 Å². The van der Waals surface area contributed by atoms with Crippen molar-refractivity contribution in [1.82, 2.24) is 4.90 Å². The second kappa shape index (κ2) is 8.21. The largest absolute Gasteiger partial charge is 0.481 e. The van der Waals surface area contributed by atoms with Gasteiger partial charge in [-0.25, -0.2) is 4.99 Å². The lowest BCUT2D eigenvalue weighted by molar-refractivity contribution is -0.133. The number of aliphatic hydroxyl groups excluding tert-OH is 1. The number of methoxy groups -OCH3 is 1. The lowest BCUT2D eigenvalue weighted by Crippen LogP contribution is -2.39. The monoisotopic (exact) mass is 410 g/mol. The number of aliphatic imine (C=N–C) groups is 1. The van der Waals surface area contributed by atoms with Crippen molar-refractivity contribution in [2.75, 3.05) is 20.2 Å². The number of rotatable bonds is 4. The Kier molecular flexibility index (Phi) is 6.14. The van der Waals surface area contributed by atoms with Crippen LogP contribution in [-0.2, 0) is 9.53 Å². The van der Waals surface area contributed by atoms with E-state index in [1.807, 2.05) is 30.0 Å². The molecule has 0 aliphatic carbocycles. The van der Waals surface area contributed by atoms with Gasteiger partial charge in [-0.1, -0.05) is 36.2 Å². The Labute approximate surface area is 169 Å². The third-order valence-corrected chi connectivity index (χ3v) is 6.24. The summed E-state index contributed by atoms with van der Waals surface area (Å²) >= 11 is 12.2. The SMILES string of the molecule is COC1=C[C@H](C)C(C(=O)N2CC(C(C)O)[C@H](c3ccc(Cl)c(Cl)c3)C2)C=N1. The molecule has 1 aromatic rings. The fourth-order valence-corrected chi connectivity index (χ4v) is 4.18. The van der Waals surface area contributed by atoms with E-state index >= 15 is 0 Å². The van der Waals surface area contributed by atoms with Gasteiger partial charge in [0, 0.05) is 31.1 Å². The third kappa shape index (κ3) is 4.15. The van der Waals surface area contributed by atoms with E-state index in [0.717, 1.165) is 5.56 Å². The molecule has 3 rings (SSSR count). The first-order chi connectivity index (χ1) is 12.8. The molecule has 3 unspecified atom stereocenters. The summed E-state index contributed by atoms with van der Waals surface area (Å²) in [5.41, 5.74) is 0.984. The average Bonchev–Trinajstić information content (AvgIpc) is 3.09. The highest BCUT2D eigenvalue weighted by atomic mass is 35.5. The lowest BCUT2D eigenvalue weighted by Gasteiger charge is -2.26. The molecular formula is C20H24Cl2N2O3. The zero-order valence-corrected chi connectivity index (χ0v) is 17.1. The van der Waals surface area contributed by atoms with Crippen LogP contribution in [0.1, 0.15) is 25.3 Å². The number of carbonyl (C=O) groups excluding carboxylic acids is 1. The molecule has 2 aliphatic rings. The van der Waals surface area contributed by atoms with E-state index < -0.39 is 6.10 Å². The van der Waals surface area contributed by atoms with E-state index in [2.05, 4.69) is 4.99 Å². The van der Waals surface area contributed by atoms with Crippen LogP contribution in [0.4, 0.5) is 0 Å². The first-order valence-electron chi connectivity index (χ1n) is 9.03. The first kappa shape index (κ1) is 20.2. The first-order valence-corrected chi connectivity index (χ1v) is 9.79. The topological polar surface area (TPSA) is 62.1 Å².